The fourth-order valence-electron chi connectivity index (χ4n) is 5.23. The Morgan fingerprint density at radius 1 is 0.970 bits per heavy atom. The smallest absolute Gasteiger partial charge is 0.243 e. The lowest BCUT2D eigenvalue weighted by Crippen LogP contribution is -2.47. The molecule has 0 bridgehead atoms. The Kier molecular flexibility index (Phi) is 6.72. The first kappa shape index (κ1) is 23.6. The van der Waals surface area contributed by atoms with Gasteiger partial charge in [0, 0.05) is 30.7 Å². The second-order valence-electron chi connectivity index (χ2n) is 9.27. The summed E-state index contributed by atoms with van der Waals surface area (Å²) in [5, 5.41) is 2.73. The van der Waals surface area contributed by atoms with E-state index in [0.717, 1.165) is 19.3 Å². The molecule has 1 aliphatic carbocycles. The number of benzene rings is 1. The summed E-state index contributed by atoms with van der Waals surface area (Å²) in [6, 6.07) is 6.05. The number of rotatable bonds is 6. The van der Waals surface area contributed by atoms with E-state index in [0.29, 0.717) is 18.5 Å². The molecule has 1 N–H and O–H groups in total. The summed E-state index contributed by atoms with van der Waals surface area (Å²) in [6.45, 7) is 3.92. The molecule has 4 atom stereocenters. The number of piperidine rings is 1. The predicted molar refractivity (Wildman–Crippen MR) is 124 cm³/mol. The minimum absolute atomic E-state index is 0.00674. The van der Waals surface area contributed by atoms with E-state index >= 15 is 0 Å². The summed E-state index contributed by atoms with van der Waals surface area (Å²) in [7, 11) is -3.62. The van der Waals surface area contributed by atoms with Crippen LogP contribution in [0.4, 0.5) is 5.69 Å². The zero-order valence-electron chi connectivity index (χ0n) is 19.1. The third kappa shape index (κ3) is 4.61. The van der Waals surface area contributed by atoms with Gasteiger partial charge in [0.05, 0.1) is 16.7 Å². The van der Waals surface area contributed by atoms with Gasteiger partial charge < -0.3 is 5.32 Å². The lowest BCUT2D eigenvalue weighted by molar-refractivity contribution is -0.140. The van der Waals surface area contributed by atoms with Crippen LogP contribution in [0.25, 0.3) is 0 Å². The maximum absolute atomic E-state index is 13.1. The SMILES string of the molecule is C[C@@H]1CCC[C@H](C)N1S(=O)(=O)c1ccc(NC(=O)CCN2C(=O)[C@@H]3CC=CC[C@H]3C2=O)cc1. The highest BCUT2D eigenvalue weighted by Gasteiger charge is 2.46. The van der Waals surface area contributed by atoms with E-state index in [2.05, 4.69) is 5.32 Å². The van der Waals surface area contributed by atoms with Gasteiger partial charge in [-0.25, -0.2) is 8.42 Å². The zero-order chi connectivity index (χ0) is 23.8. The van der Waals surface area contributed by atoms with Gasteiger partial charge in [0.25, 0.3) is 0 Å². The molecule has 4 rings (SSSR count). The van der Waals surface area contributed by atoms with Crippen molar-refractivity contribution in [2.75, 3.05) is 11.9 Å². The molecule has 2 fully saturated rings. The molecule has 1 aromatic carbocycles. The second-order valence-corrected chi connectivity index (χ2v) is 11.1. The van der Waals surface area contributed by atoms with Crippen LogP contribution in [0, 0.1) is 11.8 Å². The maximum atomic E-state index is 13.1. The Hall–Kier alpha value is -2.52. The van der Waals surface area contributed by atoms with E-state index < -0.39 is 10.0 Å². The van der Waals surface area contributed by atoms with Gasteiger partial charge in [-0.15, -0.1) is 0 Å². The number of amides is 3. The van der Waals surface area contributed by atoms with Crippen molar-refractivity contribution < 1.29 is 22.8 Å². The fraction of sp³-hybridized carbons (Fsp3) is 0.542. The van der Waals surface area contributed by atoms with Crippen molar-refractivity contribution >= 4 is 33.4 Å². The van der Waals surface area contributed by atoms with E-state index in [1.54, 1.807) is 16.4 Å². The van der Waals surface area contributed by atoms with Crippen molar-refractivity contribution in [1.82, 2.24) is 9.21 Å². The van der Waals surface area contributed by atoms with E-state index in [9.17, 15) is 22.8 Å². The molecule has 0 spiro atoms. The van der Waals surface area contributed by atoms with Crippen LogP contribution in [0.15, 0.2) is 41.3 Å². The number of fused-ring (bicyclic) bond motifs is 1. The molecule has 0 radical (unpaired) electrons. The van der Waals surface area contributed by atoms with E-state index in [-0.39, 0.29) is 59.5 Å². The largest absolute Gasteiger partial charge is 0.326 e. The maximum Gasteiger partial charge on any atom is 0.243 e. The third-order valence-corrected chi connectivity index (χ3v) is 9.13. The number of allylic oxidation sites excluding steroid dienone is 2. The van der Waals surface area contributed by atoms with Gasteiger partial charge in [-0.2, -0.15) is 4.31 Å². The summed E-state index contributed by atoms with van der Waals surface area (Å²) < 4.78 is 27.8. The molecule has 3 aliphatic rings. The normalized spacial score (nSPS) is 28.1. The topological polar surface area (TPSA) is 104 Å². The lowest BCUT2D eigenvalue weighted by Gasteiger charge is -2.37. The monoisotopic (exact) mass is 473 g/mol. The molecule has 8 nitrogen and oxygen atoms in total. The number of imide groups is 1. The highest BCUT2D eigenvalue weighted by atomic mass is 32.2. The van der Waals surface area contributed by atoms with Gasteiger partial charge in [-0.05, 0) is 63.8 Å². The number of hydrogen-bond donors (Lipinski definition) is 1. The second kappa shape index (κ2) is 9.38. The number of anilines is 1. The number of likely N-dealkylation sites (tertiary alicyclic amines) is 1. The molecule has 2 aliphatic heterocycles. The van der Waals surface area contributed by atoms with E-state index in [1.807, 2.05) is 26.0 Å². The van der Waals surface area contributed by atoms with Crippen molar-refractivity contribution in [3.05, 3.63) is 36.4 Å². The fourth-order valence-corrected chi connectivity index (χ4v) is 7.11. The first-order valence-electron chi connectivity index (χ1n) is 11.6. The van der Waals surface area contributed by atoms with Crippen LogP contribution in [0.1, 0.15) is 52.4 Å². The Morgan fingerprint density at radius 2 is 1.52 bits per heavy atom. The highest BCUT2D eigenvalue weighted by molar-refractivity contribution is 7.89. The molecular formula is C24H31N3O5S. The van der Waals surface area contributed by atoms with Gasteiger partial charge in [0.1, 0.15) is 0 Å². The molecule has 9 heteroatoms. The van der Waals surface area contributed by atoms with Crippen molar-refractivity contribution in [2.45, 2.75) is 69.4 Å². The molecule has 3 amide bonds. The third-order valence-electron chi connectivity index (χ3n) is 6.99. The predicted octanol–water partition coefficient (Wildman–Crippen LogP) is 2.92. The lowest BCUT2D eigenvalue weighted by atomic mass is 9.85. The van der Waals surface area contributed by atoms with Gasteiger partial charge in [-0.1, -0.05) is 18.6 Å². The van der Waals surface area contributed by atoms with Crippen LogP contribution in [0.5, 0.6) is 0 Å². The number of nitrogens with zero attached hydrogens (tertiary/aromatic N) is 2. The van der Waals surface area contributed by atoms with Crippen LogP contribution in [-0.4, -0.2) is 54.0 Å². The van der Waals surface area contributed by atoms with Crippen LogP contribution >= 0.6 is 0 Å². The Balaban J connectivity index is 1.35. The standard InChI is InChI=1S/C24H31N3O5S/c1-16-6-5-7-17(2)27(16)33(31,32)19-12-10-18(11-13-19)25-22(28)14-15-26-23(29)20-8-3-4-9-21(20)24(26)30/h3-4,10-13,16-17,20-21H,5-9,14-15H2,1-2H3,(H,25,28)/t16-,17+,20-,21-/m1/s1. The van der Waals surface area contributed by atoms with Crippen LogP contribution < -0.4 is 5.32 Å². The average Bonchev–Trinajstić information content (AvgIpc) is 3.02. The number of nitrogens with one attached hydrogen (secondary N) is 1. The first-order chi connectivity index (χ1) is 15.7. The van der Waals surface area contributed by atoms with Crippen molar-refractivity contribution in [3.63, 3.8) is 0 Å². The highest BCUT2D eigenvalue weighted by Crippen LogP contribution is 2.35. The Bertz CT molecular complexity index is 1030. The Labute approximate surface area is 195 Å². The summed E-state index contributed by atoms with van der Waals surface area (Å²) in [6.07, 6.45) is 7.71. The number of carbonyl (C=O) groups is 3. The zero-order valence-corrected chi connectivity index (χ0v) is 19.9. The van der Waals surface area contributed by atoms with Crippen LogP contribution in [0.2, 0.25) is 0 Å². The summed E-state index contributed by atoms with van der Waals surface area (Å²) in [5.74, 6) is -1.33. The molecule has 2 saturated heterocycles. The van der Waals surface area contributed by atoms with Gasteiger partial charge in [0.15, 0.2) is 0 Å². The Morgan fingerprint density at radius 3 is 2.06 bits per heavy atom. The van der Waals surface area contributed by atoms with Crippen molar-refractivity contribution in [3.8, 4) is 0 Å². The summed E-state index contributed by atoms with van der Waals surface area (Å²) in [5.41, 5.74) is 0.468. The molecule has 1 aromatic rings. The average molecular weight is 474 g/mol. The number of hydrogen-bond acceptors (Lipinski definition) is 5. The number of carbonyl (C=O) groups excluding carboxylic acids is 3. The molecule has 178 valence electrons. The molecule has 0 unspecified atom stereocenters. The van der Waals surface area contributed by atoms with Crippen molar-refractivity contribution in [2.24, 2.45) is 11.8 Å². The van der Waals surface area contributed by atoms with Gasteiger partial charge in [0.2, 0.25) is 27.7 Å². The summed E-state index contributed by atoms with van der Waals surface area (Å²) >= 11 is 0. The number of sulfonamides is 1. The van der Waals surface area contributed by atoms with Crippen LogP contribution in [-0.2, 0) is 24.4 Å². The molecule has 33 heavy (non-hydrogen) atoms. The van der Waals surface area contributed by atoms with Gasteiger partial charge >= 0.3 is 0 Å². The van der Waals surface area contributed by atoms with Crippen molar-refractivity contribution in [1.29, 1.82) is 0 Å². The molecule has 0 saturated carbocycles. The van der Waals surface area contributed by atoms with E-state index in [4.69, 9.17) is 0 Å². The quantitative estimate of drug-likeness (QED) is 0.505. The van der Waals surface area contributed by atoms with Gasteiger partial charge in [-0.3, -0.25) is 19.3 Å². The van der Waals surface area contributed by atoms with Crippen LogP contribution in [0.3, 0.4) is 0 Å². The minimum Gasteiger partial charge on any atom is -0.326 e. The minimum atomic E-state index is -3.62. The first-order valence-corrected chi connectivity index (χ1v) is 13.1. The molecule has 0 aromatic heterocycles. The summed E-state index contributed by atoms with van der Waals surface area (Å²) in [4.78, 5) is 38.8. The molecule has 2 heterocycles. The van der Waals surface area contributed by atoms with E-state index in [1.165, 1.54) is 17.0 Å². The molecular weight excluding hydrogens is 442 g/mol.